The summed E-state index contributed by atoms with van der Waals surface area (Å²) in [4.78, 5) is 0. The van der Waals surface area contributed by atoms with Crippen LogP contribution in [0.1, 0.15) is 19.4 Å². The molecule has 142 valence electrons. The Morgan fingerprint density at radius 2 is 1.07 bits per heavy atom. The van der Waals surface area contributed by atoms with Gasteiger partial charge in [0.05, 0.1) is 11.0 Å². The number of hydrogen-bond acceptors (Lipinski definition) is 0. The van der Waals surface area contributed by atoms with Crippen LogP contribution >= 0.6 is 0 Å². The van der Waals surface area contributed by atoms with Gasteiger partial charge in [-0.1, -0.05) is 86.6 Å². The van der Waals surface area contributed by atoms with Crippen LogP contribution in [0.5, 0.6) is 0 Å². The molecule has 1 heteroatoms. The van der Waals surface area contributed by atoms with Crippen molar-refractivity contribution in [2.75, 3.05) is 0 Å². The Morgan fingerprint density at radius 3 is 1.59 bits per heavy atom. The lowest BCUT2D eigenvalue weighted by molar-refractivity contribution is 0.647. The number of hydrogen-bond donors (Lipinski definition) is 0. The molecule has 0 aliphatic heterocycles. The van der Waals surface area contributed by atoms with E-state index in [1.54, 1.807) is 0 Å². The molecule has 29 heavy (non-hydrogen) atoms. The fourth-order valence-electron chi connectivity index (χ4n) is 4.31. The Kier molecular flexibility index (Phi) is 4.44. The minimum absolute atomic E-state index is 0.686. The fourth-order valence-corrected chi connectivity index (χ4v) is 4.31. The Bertz CT molecular complexity index is 1220. The van der Waals surface area contributed by atoms with Crippen LogP contribution in [0.4, 0.5) is 0 Å². The van der Waals surface area contributed by atoms with Gasteiger partial charge in [-0.25, -0.2) is 0 Å². The maximum atomic E-state index is 2.36. The Balaban J connectivity index is 1.55. The molecule has 5 aromatic rings. The average molecular weight is 376 g/mol. The Labute approximate surface area is 172 Å². The second-order valence-electron chi connectivity index (χ2n) is 8.21. The largest absolute Gasteiger partial charge is 0.309 e. The van der Waals surface area contributed by atoms with Crippen molar-refractivity contribution < 1.29 is 0 Å². The molecule has 0 unspecified atom stereocenters. The molecule has 0 spiro atoms. The Morgan fingerprint density at radius 1 is 0.586 bits per heavy atom. The molecule has 4 aromatic carbocycles. The lowest BCUT2D eigenvalue weighted by Gasteiger charge is -2.10. The van der Waals surface area contributed by atoms with E-state index in [0.29, 0.717) is 5.92 Å². The number of aromatic nitrogens is 1. The lowest BCUT2D eigenvalue weighted by Crippen LogP contribution is -1.94. The summed E-state index contributed by atoms with van der Waals surface area (Å²) in [6.07, 6.45) is 1.13. The molecule has 0 saturated heterocycles. The van der Waals surface area contributed by atoms with Crippen molar-refractivity contribution in [3.05, 3.63) is 103 Å². The highest BCUT2D eigenvalue weighted by molar-refractivity contribution is 6.09. The first-order chi connectivity index (χ1) is 14.2. The van der Waals surface area contributed by atoms with Crippen LogP contribution in [0.3, 0.4) is 0 Å². The second kappa shape index (κ2) is 7.25. The van der Waals surface area contributed by atoms with Crippen molar-refractivity contribution in [1.82, 2.24) is 4.57 Å². The van der Waals surface area contributed by atoms with Gasteiger partial charge in [0.25, 0.3) is 0 Å². The molecule has 0 N–H and O–H groups in total. The first kappa shape index (κ1) is 17.8. The average Bonchev–Trinajstić information content (AvgIpc) is 3.09. The third-order valence-corrected chi connectivity index (χ3v) is 5.64. The third-order valence-electron chi connectivity index (χ3n) is 5.64. The highest BCUT2D eigenvalue weighted by atomic mass is 15.0. The molecular formula is C28H25N. The number of rotatable bonds is 4. The molecule has 1 nitrogen and oxygen atoms in total. The van der Waals surface area contributed by atoms with E-state index in [0.717, 1.165) is 6.42 Å². The van der Waals surface area contributed by atoms with Crippen molar-refractivity contribution in [2.45, 2.75) is 20.3 Å². The van der Waals surface area contributed by atoms with Crippen molar-refractivity contribution >= 4 is 21.8 Å². The molecular weight excluding hydrogens is 350 g/mol. The predicted octanol–water partition coefficient (Wildman–Crippen LogP) is 7.65. The third kappa shape index (κ3) is 3.23. The summed E-state index contributed by atoms with van der Waals surface area (Å²) in [5, 5.41) is 2.60. The van der Waals surface area contributed by atoms with Gasteiger partial charge >= 0.3 is 0 Å². The lowest BCUT2D eigenvalue weighted by atomic mass is 9.99. The van der Waals surface area contributed by atoms with Crippen LogP contribution < -0.4 is 0 Å². The van der Waals surface area contributed by atoms with Gasteiger partial charge < -0.3 is 4.57 Å². The molecule has 1 aromatic heterocycles. The van der Waals surface area contributed by atoms with Crippen molar-refractivity contribution in [3.8, 4) is 16.8 Å². The zero-order chi connectivity index (χ0) is 19.8. The highest BCUT2D eigenvalue weighted by Gasteiger charge is 2.11. The first-order valence-corrected chi connectivity index (χ1v) is 10.4. The number of para-hydroxylation sites is 2. The molecule has 0 saturated carbocycles. The normalized spacial score (nSPS) is 11.6. The van der Waals surface area contributed by atoms with Crippen LogP contribution in [-0.4, -0.2) is 4.57 Å². The maximum Gasteiger partial charge on any atom is 0.0541 e. The van der Waals surface area contributed by atoms with Crippen molar-refractivity contribution in [2.24, 2.45) is 5.92 Å². The van der Waals surface area contributed by atoms with Gasteiger partial charge in [-0.2, -0.15) is 0 Å². The van der Waals surface area contributed by atoms with Gasteiger partial charge in [0.2, 0.25) is 0 Å². The van der Waals surface area contributed by atoms with Crippen LogP contribution in [0.15, 0.2) is 97.1 Å². The summed E-state index contributed by atoms with van der Waals surface area (Å²) < 4.78 is 2.36. The van der Waals surface area contributed by atoms with Gasteiger partial charge in [0.1, 0.15) is 0 Å². The summed E-state index contributed by atoms with van der Waals surface area (Å²) >= 11 is 0. The van der Waals surface area contributed by atoms with Crippen LogP contribution in [0.25, 0.3) is 38.6 Å². The van der Waals surface area contributed by atoms with E-state index in [1.165, 1.54) is 44.2 Å². The zero-order valence-corrected chi connectivity index (χ0v) is 17.0. The summed E-state index contributed by atoms with van der Waals surface area (Å²) in [6.45, 7) is 4.53. The van der Waals surface area contributed by atoms with E-state index in [1.807, 2.05) is 0 Å². The summed E-state index contributed by atoms with van der Waals surface area (Å²) in [6, 6.07) is 35.2. The quantitative estimate of drug-likeness (QED) is 0.304. The van der Waals surface area contributed by atoms with Crippen LogP contribution in [-0.2, 0) is 6.42 Å². The molecule has 0 fully saturated rings. The van der Waals surface area contributed by atoms with E-state index in [4.69, 9.17) is 0 Å². The summed E-state index contributed by atoms with van der Waals surface area (Å²) in [7, 11) is 0. The number of benzene rings is 4. The molecule has 0 aliphatic rings. The molecule has 0 bridgehead atoms. The first-order valence-electron chi connectivity index (χ1n) is 10.4. The fraction of sp³-hybridized carbons (Fsp3) is 0.143. The van der Waals surface area contributed by atoms with Gasteiger partial charge in [0.15, 0.2) is 0 Å². The van der Waals surface area contributed by atoms with Crippen molar-refractivity contribution in [1.29, 1.82) is 0 Å². The van der Waals surface area contributed by atoms with Crippen LogP contribution in [0, 0.1) is 5.92 Å². The van der Waals surface area contributed by atoms with E-state index in [2.05, 4.69) is 115 Å². The highest BCUT2D eigenvalue weighted by Crippen LogP contribution is 2.32. The monoisotopic (exact) mass is 375 g/mol. The van der Waals surface area contributed by atoms with E-state index < -0.39 is 0 Å². The van der Waals surface area contributed by atoms with E-state index >= 15 is 0 Å². The standard InChI is InChI=1S/C28H25N/c1-20(2)19-21-11-13-22(14-12-21)23-15-17-24(18-16-23)29-27-9-5-3-7-25(27)26-8-4-6-10-28(26)29/h3-18,20H,19H2,1-2H3. The van der Waals surface area contributed by atoms with Gasteiger partial charge in [-0.3, -0.25) is 0 Å². The molecule has 0 atom stereocenters. The number of fused-ring (bicyclic) bond motifs is 3. The van der Waals surface area contributed by atoms with Crippen molar-refractivity contribution in [3.63, 3.8) is 0 Å². The molecule has 0 amide bonds. The SMILES string of the molecule is CC(C)Cc1ccc(-c2ccc(-n3c4ccccc4c4ccccc43)cc2)cc1. The van der Waals surface area contributed by atoms with Gasteiger partial charge in [-0.15, -0.1) is 0 Å². The maximum absolute atomic E-state index is 2.36. The minimum atomic E-state index is 0.686. The van der Waals surface area contributed by atoms with E-state index in [-0.39, 0.29) is 0 Å². The Hall–Kier alpha value is -3.32. The molecule has 0 aliphatic carbocycles. The van der Waals surface area contributed by atoms with E-state index in [9.17, 15) is 0 Å². The summed E-state index contributed by atoms with van der Waals surface area (Å²) in [5.74, 6) is 0.686. The number of nitrogens with zero attached hydrogens (tertiary/aromatic N) is 1. The smallest absolute Gasteiger partial charge is 0.0541 e. The van der Waals surface area contributed by atoms with Gasteiger partial charge in [-0.05, 0) is 53.3 Å². The van der Waals surface area contributed by atoms with Gasteiger partial charge in [0, 0.05) is 16.5 Å². The second-order valence-corrected chi connectivity index (χ2v) is 8.21. The summed E-state index contributed by atoms with van der Waals surface area (Å²) in [5.41, 5.74) is 7.63. The molecule has 0 radical (unpaired) electrons. The minimum Gasteiger partial charge on any atom is -0.309 e. The molecule has 5 rings (SSSR count). The topological polar surface area (TPSA) is 4.93 Å². The molecule has 1 heterocycles. The van der Waals surface area contributed by atoms with Crippen LogP contribution in [0.2, 0.25) is 0 Å². The predicted molar refractivity (Wildman–Crippen MR) is 125 cm³/mol. The zero-order valence-electron chi connectivity index (χ0n) is 17.0.